The first kappa shape index (κ1) is 14.9. The van der Waals surface area contributed by atoms with Gasteiger partial charge < -0.3 is 15.2 Å². The highest BCUT2D eigenvalue weighted by Gasteiger charge is 2.14. The Morgan fingerprint density at radius 2 is 2.00 bits per heavy atom. The SMILES string of the molecule is COc1cccc(C(CN)Oc2ccc(C)cc2Br)c1. The number of methoxy groups -OCH3 is 1. The molecule has 0 aliphatic heterocycles. The second-order valence-corrected chi connectivity index (χ2v) is 5.41. The second-order valence-electron chi connectivity index (χ2n) is 4.55. The minimum absolute atomic E-state index is 0.205. The van der Waals surface area contributed by atoms with Gasteiger partial charge in [-0.3, -0.25) is 0 Å². The quantitative estimate of drug-likeness (QED) is 0.902. The summed E-state index contributed by atoms with van der Waals surface area (Å²) < 4.78 is 12.2. The van der Waals surface area contributed by atoms with E-state index in [0.29, 0.717) is 6.54 Å². The Hall–Kier alpha value is -1.52. The first-order valence-electron chi connectivity index (χ1n) is 6.41. The average molecular weight is 336 g/mol. The van der Waals surface area contributed by atoms with E-state index in [0.717, 1.165) is 21.5 Å². The Bertz CT molecular complexity index is 586. The molecule has 2 rings (SSSR count). The highest BCUT2D eigenvalue weighted by atomic mass is 79.9. The van der Waals surface area contributed by atoms with Gasteiger partial charge >= 0.3 is 0 Å². The molecule has 2 aromatic rings. The molecule has 3 nitrogen and oxygen atoms in total. The van der Waals surface area contributed by atoms with E-state index in [4.69, 9.17) is 15.2 Å². The maximum absolute atomic E-state index is 6.01. The third-order valence-electron chi connectivity index (χ3n) is 3.04. The summed E-state index contributed by atoms with van der Waals surface area (Å²) in [4.78, 5) is 0. The predicted molar refractivity (Wildman–Crippen MR) is 84.3 cm³/mol. The molecule has 0 saturated heterocycles. The van der Waals surface area contributed by atoms with Crippen LogP contribution in [0.25, 0.3) is 0 Å². The van der Waals surface area contributed by atoms with Crippen LogP contribution in [-0.2, 0) is 0 Å². The molecule has 0 saturated carbocycles. The van der Waals surface area contributed by atoms with Gasteiger partial charge in [0.15, 0.2) is 0 Å². The molecule has 0 fully saturated rings. The number of ether oxygens (including phenoxy) is 2. The second kappa shape index (κ2) is 6.77. The molecule has 4 heteroatoms. The highest BCUT2D eigenvalue weighted by molar-refractivity contribution is 9.10. The van der Waals surface area contributed by atoms with E-state index < -0.39 is 0 Å². The van der Waals surface area contributed by atoms with Crippen LogP contribution in [0.4, 0.5) is 0 Å². The van der Waals surface area contributed by atoms with E-state index in [1.165, 1.54) is 5.56 Å². The summed E-state index contributed by atoms with van der Waals surface area (Å²) in [6.45, 7) is 2.44. The zero-order valence-corrected chi connectivity index (χ0v) is 13.2. The largest absolute Gasteiger partial charge is 0.497 e. The molecule has 1 unspecified atom stereocenters. The third kappa shape index (κ3) is 3.52. The van der Waals surface area contributed by atoms with Gasteiger partial charge in [0.25, 0.3) is 0 Å². The minimum atomic E-state index is -0.205. The smallest absolute Gasteiger partial charge is 0.136 e. The molecule has 0 amide bonds. The number of nitrogens with two attached hydrogens (primary N) is 1. The van der Waals surface area contributed by atoms with Crippen molar-refractivity contribution in [2.24, 2.45) is 5.73 Å². The number of rotatable bonds is 5. The van der Waals surface area contributed by atoms with Gasteiger partial charge in [-0.25, -0.2) is 0 Å². The molecule has 0 aromatic heterocycles. The molecule has 0 aliphatic rings. The first-order valence-corrected chi connectivity index (χ1v) is 7.20. The van der Waals surface area contributed by atoms with E-state index in [9.17, 15) is 0 Å². The summed E-state index contributed by atoms with van der Waals surface area (Å²) in [5.74, 6) is 1.58. The lowest BCUT2D eigenvalue weighted by atomic mass is 10.1. The van der Waals surface area contributed by atoms with Gasteiger partial charge in [0.05, 0.1) is 11.6 Å². The summed E-state index contributed by atoms with van der Waals surface area (Å²) in [5.41, 5.74) is 8.02. The molecule has 2 N–H and O–H groups in total. The van der Waals surface area contributed by atoms with Gasteiger partial charge in [-0.1, -0.05) is 18.2 Å². The van der Waals surface area contributed by atoms with Crippen molar-refractivity contribution in [3.05, 3.63) is 58.1 Å². The average Bonchev–Trinajstić information content (AvgIpc) is 2.46. The molecule has 0 aliphatic carbocycles. The van der Waals surface area contributed by atoms with Gasteiger partial charge in [0.2, 0.25) is 0 Å². The number of halogens is 1. The Labute approximate surface area is 127 Å². The normalized spacial score (nSPS) is 12.0. The number of aryl methyl sites for hydroxylation is 1. The van der Waals surface area contributed by atoms with Crippen molar-refractivity contribution >= 4 is 15.9 Å². The van der Waals surface area contributed by atoms with Crippen molar-refractivity contribution in [1.82, 2.24) is 0 Å². The molecule has 0 spiro atoms. The summed E-state index contributed by atoms with van der Waals surface area (Å²) in [5, 5.41) is 0. The van der Waals surface area contributed by atoms with Crippen LogP contribution < -0.4 is 15.2 Å². The van der Waals surface area contributed by atoms with Gasteiger partial charge in [-0.15, -0.1) is 0 Å². The van der Waals surface area contributed by atoms with E-state index in [1.54, 1.807) is 7.11 Å². The fourth-order valence-electron chi connectivity index (χ4n) is 1.95. The van der Waals surface area contributed by atoms with Crippen molar-refractivity contribution in [1.29, 1.82) is 0 Å². The van der Waals surface area contributed by atoms with Crippen molar-refractivity contribution < 1.29 is 9.47 Å². The maximum Gasteiger partial charge on any atom is 0.136 e. The number of hydrogen-bond donors (Lipinski definition) is 1. The Morgan fingerprint density at radius 3 is 2.65 bits per heavy atom. The van der Waals surface area contributed by atoms with Crippen LogP contribution in [0, 0.1) is 6.92 Å². The Kier molecular flexibility index (Phi) is 5.04. The lowest BCUT2D eigenvalue weighted by molar-refractivity contribution is 0.212. The Morgan fingerprint density at radius 1 is 1.20 bits per heavy atom. The van der Waals surface area contributed by atoms with Crippen molar-refractivity contribution in [3.8, 4) is 11.5 Å². The van der Waals surface area contributed by atoms with Gasteiger partial charge in [-0.2, -0.15) is 0 Å². The van der Waals surface area contributed by atoms with Gasteiger partial charge in [0.1, 0.15) is 17.6 Å². The maximum atomic E-state index is 6.01. The van der Waals surface area contributed by atoms with E-state index in [-0.39, 0.29) is 6.10 Å². The Balaban J connectivity index is 2.23. The van der Waals surface area contributed by atoms with E-state index in [1.807, 2.05) is 49.4 Å². The zero-order valence-electron chi connectivity index (χ0n) is 11.6. The third-order valence-corrected chi connectivity index (χ3v) is 3.66. The number of hydrogen-bond acceptors (Lipinski definition) is 3. The summed E-state index contributed by atoms with van der Waals surface area (Å²) in [7, 11) is 1.65. The van der Waals surface area contributed by atoms with Crippen LogP contribution in [0.2, 0.25) is 0 Å². The van der Waals surface area contributed by atoms with Gasteiger partial charge in [-0.05, 0) is 58.2 Å². The molecule has 0 heterocycles. The summed E-state index contributed by atoms with van der Waals surface area (Å²) >= 11 is 3.51. The zero-order chi connectivity index (χ0) is 14.5. The molecule has 106 valence electrons. The molecule has 2 aromatic carbocycles. The van der Waals surface area contributed by atoms with Crippen LogP contribution in [0.1, 0.15) is 17.2 Å². The monoisotopic (exact) mass is 335 g/mol. The van der Waals surface area contributed by atoms with Crippen molar-refractivity contribution in [3.63, 3.8) is 0 Å². The minimum Gasteiger partial charge on any atom is -0.497 e. The molecule has 0 bridgehead atoms. The molecule has 20 heavy (non-hydrogen) atoms. The van der Waals surface area contributed by atoms with Crippen LogP contribution in [0.15, 0.2) is 46.9 Å². The fraction of sp³-hybridized carbons (Fsp3) is 0.250. The fourth-order valence-corrected chi connectivity index (χ4v) is 2.54. The van der Waals surface area contributed by atoms with Gasteiger partial charge in [0, 0.05) is 6.54 Å². The lowest BCUT2D eigenvalue weighted by Crippen LogP contribution is -2.18. The molecular formula is C16H18BrNO2. The summed E-state index contributed by atoms with van der Waals surface area (Å²) in [6, 6.07) is 13.8. The lowest BCUT2D eigenvalue weighted by Gasteiger charge is -2.19. The molecule has 1 atom stereocenters. The van der Waals surface area contributed by atoms with E-state index >= 15 is 0 Å². The van der Waals surface area contributed by atoms with Crippen LogP contribution in [0.5, 0.6) is 11.5 Å². The predicted octanol–water partition coefficient (Wildman–Crippen LogP) is 3.84. The van der Waals surface area contributed by atoms with Crippen molar-refractivity contribution in [2.75, 3.05) is 13.7 Å². The van der Waals surface area contributed by atoms with Crippen molar-refractivity contribution in [2.45, 2.75) is 13.0 Å². The highest BCUT2D eigenvalue weighted by Crippen LogP contribution is 2.30. The van der Waals surface area contributed by atoms with E-state index in [2.05, 4.69) is 15.9 Å². The first-order chi connectivity index (χ1) is 9.63. The topological polar surface area (TPSA) is 44.5 Å². The molecular weight excluding hydrogens is 318 g/mol. The van der Waals surface area contributed by atoms with Crippen LogP contribution >= 0.6 is 15.9 Å². The summed E-state index contributed by atoms with van der Waals surface area (Å²) in [6.07, 6.45) is -0.205. The molecule has 0 radical (unpaired) electrons. The van der Waals surface area contributed by atoms with Crippen LogP contribution in [-0.4, -0.2) is 13.7 Å². The number of benzene rings is 2. The van der Waals surface area contributed by atoms with Crippen LogP contribution in [0.3, 0.4) is 0 Å². The standard InChI is InChI=1S/C16H18BrNO2/c1-11-6-7-15(14(17)8-11)20-16(10-18)12-4-3-5-13(9-12)19-2/h3-9,16H,10,18H2,1-2H3.